The summed E-state index contributed by atoms with van der Waals surface area (Å²) in [4.78, 5) is 18.5. The molecule has 6 atom stereocenters. The Balaban J connectivity index is 1.44. The van der Waals surface area contributed by atoms with Gasteiger partial charge in [0, 0.05) is 49.6 Å². The average molecular weight is 702 g/mol. The highest BCUT2D eigenvalue weighted by atomic mass is 35.5. The molecule has 2 aliphatic heterocycles. The van der Waals surface area contributed by atoms with Gasteiger partial charge in [0.05, 0.1) is 28.1 Å². The van der Waals surface area contributed by atoms with Crippen molar-refractivity contribution >= 4 is 50.4 Å². The van der Waals surface area contributed by atoms with Crippen molar-refractivity contribution < 1.29 is 23.1 Å². The van der Waals surface area contributed by atoms with E-state index in [1.54, 1.807) is 25.1 Å². The third-order valence-corrected chi connectivity index (χ3v) is 14.3. The predicted molar refractivity (Wildman–Crippen MR) is 191 cm³/mol. The summed E-state index contributed by atoms with van der Waals surface area (Å²) in [5, 5.41) is 12.4. The van der Waals surface area contributed by atoms with E-state index in [2.05, 4.69) is 21.8 Å². The van der Waals surface area contributed by atoms with Crippen LogP contribution in [0.3, 0.4) is 0 Å². The van der Waals surface area contributed by atoms with E-state index in [0.717, 1.165) is 42.8 Å². The number of carbonyl (C=O) groups excluding carboxylic acids is 1. The molecule has 2 heterocycles. The number of sulfonamides is 1. The predicted octanol–water partition coefficient (Wildman–Crippen LogP) is 6.12. The first-order valence-electron chi connectivity index (χ1n) is 17.0. The number of fused-ring (bicyclic) bond motifs is 4. The number of anilines is 1. The van der Waals surface area contributed by atoms with Crippen LogP contribution < -0.4 is 14.4 Å². The summed E-state index contributed by atoms with van der Waals surface area (Å²) in [6.07, 6.45) is 7.02. The number of halogens is 1. The fourth-order valence-corrected chi connectivity index (χ4v) is 10.2. The molecule has 8 nitrogen and oxygen atoms in total. The Kier molecular flexibility index (Phi) is 9.63. The number of amides is 1. The van der Waals surface area contributed by atoms with Crippen molar-refractivity contribution in [3.05, 3.63) is 58.1 Å². The molecule has 2 bridgehead atoms. The molecule has 2 N–H and O–H groups in total. The maximum Gasteiger partial charge on any atom is 0.264 e. The number of hydrogen-bond acceptors (Lipinski definition) is 7. The maximum atomic E-state index is 13.5. The number of aryl methyl sites for hydroxylation is 1. The third-order valence-electron chi connectivity index (χ3n) is 11.6. The van der Waals surface area contributed by atoms with Crippen LogP contribution in [0.4, 0.5) is 5.69 Å². The van der Waals surface area contributed by atoms with Crippen molar-refractivity contribution in [1.82, 2.24) is 9.62 Å². The Morgan fingerprint density at radius 1 is 1.13 bits per heavy atom. The molecule has 0 unspecified atom stereocenters. The first-order chi connectivity index (χ1) is 22.2. The Morgan fingerprint density at radius 2 is 1.91 bits per heavy atom. The van der Waals surface area contributed by atoms with Gasteiger partial charge in [-0.15, -0.1) is 0 Å². The van der Waals surface area contributed by atoms with E-state index < -0.39 is 26.8 Å². The molecule has 256 valence electrons. The molecular formula is C36H48ClN3O5S2. The summed E-state index contributed by atoms with van der Waals surface area (Å²) in [6.45, 7) is 5.39. The van der Waals surface area contributed by atoms with Gasteiger partial charge in [-0.2, -0.15) is 0 Å². The molecule has 1 fully saturated rings. The molecule has 1 spiro atoms. The minimum Gasteiger partial charge on any atom is -0.490 e. The number of hydrogen-bond donors (Lipinski definition) is 2. The van der Waals surface area contributed by atoms with Gasteiger partial charge in [0.15, 0.2) is 0 Å². The molecule has 0 aromatic heterocycles. The number of nitrogens with zero attached hydrogens (tertiary/aromatic N) is 2. The minimum atomic E-state index is -3.95. The standard InChI is InChI=1S/C36H48ClN3O5S2/c1-23-7-5-16-36(42,19-33(46)39(3)4)30-12-9-27(30)20-40-21-35(15-6-8-25-17-28(37)11-13-29(25)35)22-45-32-14-10-26(18-31(32)40)34(41)38-47(43,44)24(23)2/h10-11,13-14,17-18,23-24,27,30,42H,5-9,12,15-16,19-22H2,1-4H3,(H,38,41)/t23-,24+,27-,30+,35-,36+/m0/s1. The normalized spacial score (nSPS) is 32.1. The van der Waals surface area contributed by atoms with Gasteiger partial charge in [-0.05, 0) is 111 Å². The van der Waals surface area contributed by atoms with Crippen molar-refractivity contribution in [3.63, 3.8) is 0 Å². The van der Waals surface area contributed by atoms with Gasteiger partial charge in [-0.25, -0.2) is 13.1 Å². The van der Waals surface area contributed by atoms with E-state index in [1.165, 1.54) is 11.1 Å². The highest BCUT2D eigenvalue weighted by Gasteiger charge is 2.49. The zero-order valence-electron chi connectivity index (χ0n) is 27.9. The molecule has 0 radical (unpaired) electrons. The Bertz CT molecular complexity index is 1650. The second-order valence-corrected chi connectivity index (χ2v) is 17.8. The molecule has 11 heteroatoms. The van der Waals surface area contributed by atoms with Gasteiger partial charge in [-0.3, -0.25) is 4.79 Å². The van der Waals surface area contributed by atoms with Crippen LogP contribution in [-0.2, 0) is 21.9 Å². The van der Waals surface area contributed by atoms with E-state index >= 15 is 0 Å². The maximum absolute atomic E-state index is 13.5. The van der Waals surface area contributed by atoms with Crippen LogP contribution in [0.25, 0.3) is 0 Å². The number of carbonyl (C=O) groups is 1. The number of aliphatic hydroxyl groups is 1. The number of nitrogens with one attached hydrogen (secondary N) is 1. The van der Waals surface area contributed by atoms with Crippen molar-refractivity contribution in [3.8, 4) is 5.75 Å². The fraction of sp³-hybridized carbons (Fsp3) is 0.611. The summed E-state index contributed by atoms with van der Waals surface area (Å²) >= 11 is 12.2. The lowest BCUT2D eigenvalue weighted by molar-refractivity contribution is -0.0840. The Hall–Kier alpha value is -2.40. The molecule has 1 saturated carbocycles. The zero-order valence-corrected chi connectivity index (χ0v) is 30.3. The van der Waals surface area contributed by atoms with E-state index in [4.69, 9.17) is 28.6 Å². The lowest BCUT2D eigenvalue weighted by Gasteiger charge is -2.50. The SMILES string of the molecule is C[C@@H]1[C@@H](C)CCC[C@@](O)(CC(=S)N(C)C)[C@@H]2CC[C@H]2CN2C[C@@]3(CCCc4cc(Cl)ccc43)COc3ccc(cc32)C(=O)NS1(=O)=O. The van der Waals surface area contributed by atoms with Crippen molar-refractivity contribution in [2.45, 2.75) is 87.9 Å². The molecule has 2 aliphatic carbocycles. The number of rotatable bonds is 2. The van der Waals surface area contributed by atoms with E-state index in [-0.39, 0.29) is 28.7 Å². The van der Waals surface area contributed by atoms with Crippen molar-refractivity contribution in [2.24, 2.45) is 17.8 Å². The van der Waals surface area contributed by atoms with Crippen molar-refractivity contribution in [2.75, 3.05) is 38.7 Å². The molecular weight excluding hydrogens is 654 g/mol. The van der Waals surface area contributed by atoms with Gasteiger partial charge in [0.25, 0.3) is 5.91 Å². The van der Waals surface area contributed by atoms with Gasteiger partial charge < -0.3 is 19.6 Å². The minimum absolute atomic E-state index is 0.0391. The summed E-state index contributed by atoms with van der Waals surface area (Å²) in [5.74, 6) is 0.0745. The third kappa shape index (κ3) is 6.77. The molecule has 47 heavy (non-hydrogen) atoms. The number of benzene rings is 2. The molecule has 6 rings (SSSR count). The second-order valence-electron chi connectivity index (χ2n) is 14.9. The summed E-state index contributed by atoms with van der Waals surface area (Å²) in [6, 6.07) is 11.4. The van der Waals surface area contributed by atoms with Crippen LogP contribution in [0.1, 0.15) is 86.7 Å². The monoisotopic (exact) mass is 701 g/mol. The highest BCUT2D eigenvalue weighted by molar-refractivity contribution is 7.90. The first kappa shape index (κ1) is 34.5. The van der Waals surface area contributed by atoms with Crippen LogP contribution in [0.2, 0.25) is 5.02 Å². The lowest BCUT2D eigenvalue weighted by Crippen LogP contribution is -2.54. The van der Waals surface area contributed by atoms with Gasteiger partial charge in [-0.1, -0.05) is 43.2 Å². The van der Waals surface area contributed by atoms with Crippen LogP contribution in [0.15, 0.2) is 36.4 Å². The molecule has 4 aliphatic rings. The smallest absolute Gasteiger partial charge is 0.264 e. The van der Waals surface area contributed by atoms with Crippen molar-refractivity contribution in [1.29, 1.82) is 0 Å². The first-order valence-corrected chi connectivity index (χ1v) is 19.3. The zero-order chi connectivity index (χ0) is 33.7. The summed E-state index contributed by atoms with van der Waals surface area (Å²) in [7, 11) is -0.111. The van der Waals surface area contributed by atoms with E-state index in [1.807, 2.05) is 32.0 Å². The van der Waals surface area contributed by atoms with Gasteiger partial charge >= 0.3 is 0 Å². The van der Waals surface area contributed by atoms with Gasteiger partial charge in [0.1, 0.15) is 5.75 Å². The molecule has 2 aromatic carbocycles. The number of thiocarbonyl (C=S) groups is 1. The summed E-state index contributed by atoms with van der Waals surface area (Å²) in [5.41, 5.74) is 2.25. The Labute approximate surface area is 290 Å². The number of ether oxygens (including phenoxy) is 1. The highest BCUT2D eigenvalue weighted by Crippen LogP contribution is 2.50. The molecule has 2 aromatic rings. The quantitative estimate of drug-likeness (QED) is 0.362. The van der Waals surface area contributed by atoms with Crippen LogP contribution >= 0.6 is 23.8 Å². The molecule has 1 amide bonds. The van der Waals surface area contributed by atoms with Crippen LogP contribution in [0, 0.1) is 17.8 Å². The summed E-state index contributed by atoms with van der Waals surface area (Å²) < 4.78 is 35.8. The van der Waals surface area contributed by atoms with Gasteiger partial charge in [0.2, 0.25) is 10.0 Å². The second kappa shape index (κ2) is 13.1. The Morgan fingerprint density at radius 3 is 2.64 bits per heavy atom. The van der Waals surface area contributed by atoms with Crippen LogP contribution in [0.5, 0.6) is 5.75 Å². The fourth-order valence-electron chi connectivity index (χ4n) is 8.41. The van der Waals surface area contributed by atoms with Crippen LogP contribution in [-0.4, -0.2) is 74.0 Å². The topological polar surface area (TPSA) is 99.2 Å². The van der Waals surface area contributed by atoms with E-state index in [9.17, 15) is 18.3 Å². The lowest BCUT2D eigenvalue weighted by atomic mass is 9.62. The van der Waals surface area contributed by atoms with E-state index in [0.29, 0.717) is 56.1 Å². The largest absolute Gasteiger partial charge is 0.490 e. The molecule has 0 saturated heterocycles. The average Bonchev–Trinajstić information content (AvgIpc) is 3.14.